The Balaban J connectivity index is 0. The van der Waals surface area contributed by atoms with Crippen LogP contribution in [0.1, 0.15) is 12.8 Å². The standard InChI is InChI=1S/C10H20BN5O5.2C2HF3O2/c12-8(13)15-9(19)16-4-6(2-1-3-11(20)21)10(14,5-16)7(17)18;2*3-2(4,5)1(6)7/h6,20-21H,1-5,14H2,(H,17,18)(H4,12,13,15,19);2*(H,6,7)/t6-,10-;;/m0../s1. The highest BCUT2D eigenvalue weighted by atomic mass is 19.4. The quantitative estimate of drug-likeness (QED) is 0.0886. The van der Waals surface area contributed by atoms with E-state index in [0.29, 0.717) is 12.8 Å². The summed E-state index contributed by atoms with van der Waals surface area (Å²) in [4.78, 5) is 45.4. The van der Waals surface area contributed by atoms with E-state index in [2.05, 4.69) is 4.99 Å². The normalized spacial score (nSPS) is 19.3. The first kappa shape index (κ1) is 33.8. The lowest BCUT2D eigenvalue weighted by atomic mass is 9.78. The molecule has 0 unspecified atom stereocenters. The molecule has 1 saturated heterocycles. The number of aliphatic carboxylic acids is 3. The number of likely N-dealkylation sites (tertiary alicyclic amines) is 1. The minimum atomic E-state index is -5.08. The Labute approximate surface area is 192 Å². The van der Waals surface area contributed by atoms with Crippen LogP contribution in [0.3, 0.4) is 0 Å². The Hall–Kier alpha value is -3.33. The lowest BCUT2D eigenvalue weighted by Gasteiger charge is -2.25. The number of urea groups is 1. The van der Waals surface area contributed by atoms with E-state index in [1.54, 1.807) is 0 Å². The van der Waals surface area contributed by atoms with E-state index >= 15 is 0 Å². The Bertz CT molecular complexity index is 768. The number of amides is 2. The number of rotatable bonds is 5. The molecule has 2 amide bonds. The van der Waals surface area contributed by atoms with E-state index < -0.39 is 60.8 Å². The molecule has 0 bridgehead atoms. The van der Waals surface area contributed by atoms with Gasteiger partial charge in [0.2, 0.25) is 0 Å². The number of alkyl halides is 6. The predicted molar refractivity (Wildman–Crippen MR) is 102 cm³/mol. The smallest absolute Gasteiger partial charge is 0.480 e. The third-order valence-corrected chi connectivity index (χ3v) is 4.02. The Morgan fingerprint density at radius 1 is 0.971 bits per heavy atom. The van der Waals surface area contributed by atoms with Crippen LogP contribution in [0.4, 0.5) is 31.1 Å². The van der Waals surface area contributed by atoms with Crippen molar-refractivity contribution in [3.05, 3.63) is 0 Å². The molecule has 1 aliphatic rings. The van der Waals surface area contributed by atoms with Gasteiger partial charge in [0, 0.05) is 12.5 Å². The van der Waals surface area contributed by atoms with Gasteiger partial charge in [0.15, 0.2) is 5.96 Å². The molecule has 11 N–H and O–H groups in total. The average molecular weight is 529 g/mol. The zero-order chi connectivity index (χ0) is 28.4. The van der Waals surface area contributed by atoms with Crippen LogP contribution in [0.15, 0.2) is 4.99 Å². The van der Waals surface area contributed by atoms with Gasteiger partial charge in [-0.2, -0.15) is 31.3 Å². The summed E-state index contributed by atoms with van der Waals surface area (Å²) in [7, 11) is -1.46. The molecule has 0 spiro atoms. The second-order valence-electron chi connectivity index (χ2n) is 6.76. The number of guanidine groups is 1. The number of aliphatic imine (C=N–C) groups is 1. The van der Waals surface area contributed by atoms with Crippen LogP contribution >= 0.6 is 0 Å². The first-order chi connectivity index (χ1) is 15.6. The molecule has 1 fully saturated rings. The summed E-state index contributed by atoms with van der Waals surface area (Å²) in [6.07, 6.45) is -9.35. The third kappa shape index (κ3) is 13.2. The molecule has 0 saturated carbocycles. The number of carbonyl (C=O) groups excluding carboxylic acids is 1. The fourth-order valence-corrected chi connectivity index (χ4v) is 2.40. The highest BCUT2D eigenvalue weighted by Gasteiger charge is 2.50. The van der Waals surface area contributed by atoms with Crippen molar-refractivity contribution in [2.75, 3.05) is 13.1 Å². The fourth-order valence-electron chi connectivity index (χ4n) is 2.40. The van der Waals surface area contributed by atoms with Crippen molar-refractivity contribution in [1.29, 1.82) is 0 Å². The Morgan fingerprint density at radius 3 is 1.66 bits per heavy atom. The summed E-state index contributed by atoms with van der Waals surface area (Å²) < 4.78 is 63.5. The van der Waals surface area contributed by atoms with Gasteiger partial charge in [-0.25, -0.2) is 14.4 Å². The number of hydrogen-bond donors (Lipinski definition) is 8. The Morgan fingerprint density at radius 2 is 1.37 bits per heavy atom. The molecule has 0 aliphatic carbocycles. The van der Waals surface area contributed by atoms with Gasteiger partial charge in [0.05, 0.1) is 6.54 Å². The number of carbonyl (C=O) groups is 4. The molecule has 21 heteroatoms. The van der Waals surface area contributed by atoms with Gasteiger partial charge >= 0.3 is 43.4 Å². The number of nitrogens with two attached hydrogens (primary N) is 3. The summed E-state index contributed by atoms with van der Waals surface area (Å²) in [6, 6.07) is -0.740. The summed E-state index contributed by atoms with van der Waals surface area (Å²) in [6.45, 7) is -0.107. The first-order valence-corrected chi connectivity index (χ1v) is 8.92. The van der Waals surface area contributed by atoms with E-state index in [4.69, 9.17) is 47.1 Å². The highest BCUT2D eigenvalue weighted by Crippen LogP contribution is 2.30. The van der Waals surface area contributed by atoms with Crippen LogP contribution < -0.4 is 17.2 Å². The second-order valence-corrected chi connectivity index (χ2v) is 6.76. The third-order valence-electron chi connectivity index (χ3n) is 4.02. The summed E-state index contributed by atoms with van der Waals surface area (Å²) in [5.41, 5.74) is 14.5. The summed E-state index contributed by atoms with van der Waals surface area (Å²) >= 11 is 0. The number of nitrogens with zero attached hydrogens (tertiary/aromatic N) is 2. The van der Waals surface area contributed by atoms with Gasteiger partial charge in [-0.3, -0.25) is 4.79 Å². The second kappa shape index (κ2) is 13.5. The number of carboxylic acids is 3. The maximum absolute atomic E-state index is 11.7. The molecule has 0 radical (unpaired) electrons. The lowest BCUT2D eigenvalue weighted by molar-refractivity contribution is -0.193. The SMILES string of the molecule is NC(N)=NC(=O)N1C[C@H](CCCB(O)O)[C@](N)(C(=O)O)C1.O=C(O)C(F)(F)F.O=C(O)C(F)(F)F. The molecule has 1 aliphatic heterocycles. The zero-order valence-corrected chi connectivity index (χ0v) is 17.5. The maximum atomic E-state index is 11.7. The van der Waals surface area contributed by atoms with Crippen LogP contribution in [-0.4, -0.2) is 98.3 Å². The van der Waals surface area contributed by atoms with Crippen LogP contribution in [0.2, 0.25) is 6.32 Å². The van der Waals surface area contributed by atoms with Crippen molar-refractivity contribution in [1.82, 2.24) is 4.90 Å². The van der Waals surface area contributed by atoms with E-state index in [1.165, 1.54) is 4.90 Å². The number of halogens is 6. The molecule has 1 heterocycles. The minimum Gasteiger partial charge on any atom is -0.480 e. The van der Waals surface area contributed by atoms with Crippen molar-refractivity contribution in [2.45, 2.75) is 37.1 Å². The summed E-state index contributed by atoms with van der Waals surface area (Å²) in [5, 5.41) is 41.1. The van der Waals surface area contributed by atoms with Crippen molar-refractivity contribution in [2.24, 2.45) is 28.1 Å². The molecule has 0 aromatic carbocycles. The van der Waals surface area contributed by atoms with Crippen LogP contribution in [0.25, 0.3) is 0 Å². The zero-order valence-electron chi connectivity index (χ0n) is 17.5. The van der Waals surface area contributed by atoms with E-state index in [9.17, 15) is 41.0 Å². The van der Waals surface area contributed by atoms with Crippen LogP contribution in [0.5, 0.6) is 0 Å². The van der Waals surface area contributed by atoms with Crippen molar-refractivity contribution in [3.8, 4) is 0 Å². The average Bonchev–Trinajstić information content (AvgIpc) is 2.99. The molecule has 1 rings (SSSR count). The fraction of sp³-hybridized carbons (Fsp3) is 0.643. The molecule has 35 heavy (non-hydrogen) atoms. The van der Waals surface area contributed by atoms with Crippen LogP contribution in [0, 0.1) is 5.92 Å². The van der Waals surface area contributed by atoms with Gasteiger partial charge in [0.1, 0.15) is 5.54 Å². The molecule has 2 atom stereocenters. The van der Waals surface area contributed by atoms with Crippen molar-refractivity contribution >= 4 is 37.0 Å². The Kier molecular flexibility index (Phi) is 13.1. The van der Waals surface area contributed by atoms with E-state index in [-0.39, 0.29) is 19.4 Å². The van der Waals surface area contributed by atoms with E-state index in [0.717, 1.165) is 0 Å². The molecule has 0 aromatic rings. The number of hydrogen-bond acceptors (Lipinski definition) is 7. The van der Waals surface area contributed by atoms with Crippen LogP contribution in [-0.2, 0) is 14.4 Å². The van der Waals surface area contributed by atoms with Crippen molar-refractivity contribution < 1.29 is 70.9 Å². The maximum Gasteiger partial charge on any atom is 0.490 e. The van der Waals surface area contributed by atoms with Gasteiger partial charge in [-0.15, -0.1) is 0 Å². The molecule has 0 aromatic heterocycles. The van der Waals surface area contributed by atoms with Crippen molar-refractivity contribution in [3.63, 3.8) is 0 Å². The van der Waals surface area contributed by atoms with Gasteiger partial charge in [-0.1, -0.05) is 6.42 Å². The molecular weight excluding hydrogens is 507 g/mol. The lowest BCUT2D eigenvalue weighted by Crippen LogP contribution is -2.55. The van der Waals surface area contributed by atoms with Gasteiger partial charge in [-0.05, 0) is 12.7 Å². The summed E-state index contributed by atoms with van der Waals surface area (Å²) in [5.74, 6) is -7.67. The first-order valence-electron chi connectivity index (χ1n) is 8.92. The highest BCUT2D eigenvalue weighted by molar-refractivity contribution is 6.40. The van der Waals surface area contributed by atoms with Gasteiger partial charge in [0.25, 0.3) is 0 Å². The number of carboxylic acid groups (broad SMARTS) is 3. The largest absolute Gasteiger partial charge is 0.490 e. The molecule has 202 valence electrons. The minimum absolute atomic E-state index is 0.0972. The molecular formula is C14H22BF6N5O9. The molecule has 14 nitrogen and oxygen atoms in total. The van der Waals surface area contributed by atoms with Gasteiger partial charge < -0.3 is 47.5 Å². The topological polar surface area (TPSA) is 263 Å². The van der Waals surface area contributed by atoms with E-state index in [1.807, 2.05) is 0 Å². The predicted octanol–water partition coefficient (Wildman–Crippen LogP) is -1.39. The monoisotopic (exact) mass is 529 g/mol.